The van der Waals surface area contributed by atoms with Crippen LogP contribution < -0.4 is 11.1 Å². The van der Waals surface area contributed by atoms with Gasteiger partial charge in [-0.2, -0.15) is 0 Å². The maximum atomic E-state index is 12.3. The van der Waals surface area contributed by atoms with E-state index in [1.54, 1.807) is 24.7 Å². The number of nitrogen functional groups attached to an aromatic ring is 1. The lowest BCUT2D eigenvalue weighted by molar-refractivity contribution is 0.103. The monoisotopic (exact) mass is 373 g/mol. The first kappa shape index (κ1) is 16.9. The minimum absolute atomic E-state index is 0.136. The van der Waals surface area contributed by atoms with Gasteiger partial charge in [-0.15, -0.1) is 11.3 Å². The smallest absolute Gasteiger partial charge is 0.265 e. The number of benzene rings is 1. The first-order valence-corrected chi connectivity index (χ1v) is 9.07. The maximum Gasteiger partial charge on any atom is 0.265 e. The number of carbonyl (C=O) groups excluding carboxylic acids is 1. The Bertz CT molecular complexity index is 1080. The van der Waals surface area contributed by atoms with E-state index in [0.717, 1.165) is 16.7 Å². The van der Waals surface area contributed by atoms with Crippen LogP contribution in [0, 0.1) is 0 Å². The van der Waals surface area contributed by atoms with Gasteiger partial charge in [0, 0.05) is 35.4 Å². The summed E-state index contributed by atoms with van der Waals surface area (Å²) in [4.78, 5) is 25.6. The van der Waals surface area contributed by atoms with Crippen molar-refractivity contribution in [2.24, 2.45) is 0 Å². The van der Waals surface area contributed by atoms with Gasteiger partial charge in [0.1, 0.15) is 0 Å². The standard InChI is InChI=1S/C20H15N5OS/c21-20-23-12-16(18(25-20)14-5-2-8-22-11-14)13-4-1-6-15(10-13)24-19(26)17-7-3-9-27-17/h1-12H,(H,24,26)(H2,21,23,25). The predicted molar refractivity (Wildman–Crippen MR) is 107 cm³/mol. The number of pyridine rings is 1. The first-order chi connectivity index (χ1) is 13.2. The van der Waals surface area contributed by atoms with Crippen molar-refractivity contribution in [2.75, 3.05) is 11.1 Å². The molecular formula is C20H15N5OS. The molecule has 3 N–H and O–H groups in total. The summed E-state index contributed by atoms with van der Waals surface area (Å²) in [5.41, 5.74) is 9.71. The molecule has 132 valence electrons. The predicted octanol–water partition coefficient (Wildman–Crippen LogP) is 4.10. The third-order valence-electron chi connectivity index (χ3n) is 3.92. The second-order valence-electron chi connectivity index (χ2n) is 5.74. The van der Waals surface area contributed by atoms with E-state index in [2.05, 4.69) is 20.3 Å². The number of aromatic nitrogens is 3. The van der Waals surface area contributed by atoms with E-state index in [1.165, 1.54) is 11.3 Å². The lowest BCUT2D eigenvalue weighted by atomic mass is 10.0. The molecule has 0 atom stereocenters. The zero-order valence-corrected chi connectivity index (χ0v) is 15.0. The van der Waals surface area contributed by atoms with Crippen LogP contribution in [0.2, 0.25) is 0 Å². The Morgan fingerprint density at radius 1 is 1.04 bits per heavy atom. The molecule has 1 aromatic carbocycles. The van der Waals surface area contributed by atoms with Crippen LogP contribution in [-0.4, -0.2) is 20.9 Å². The highest BCUT2D eigenvalue weighted by molar-refractivity contribution is 7.12. The molecule has 0 aliphatic carbocycles. The number of nitrogens with zero attached hydrogens (tertiary/aromatic N) is 3. The molecule has 3 heterocycles. The summed E-state index contributed by atoms with van der Waals surface area (Å²) in [6.07, 6.45) is 5.12. The highest BCUT2D eigenvalue weighted by Crippen LogP contribution is 2.31. The summed E-state index contributed by atoms with van der Waals surface area (Å²) in [5, 5.41) is 4.79. The molecule has 6 nitrogen and oxygen atoms in total. The summed E-state index contributed by atoms with van der Waals surface area (Å²) in [6.45, 7) is 0. The number of amides is 1. The first-order valence-electron chi connectivity index (χ1n) is 8.19. The Labute approximate surface area is 159 Å². The highest BCUT2D eigenvalue weighted by Gasteiger charge is 2.13. The third-order valence-corrected chi connectivity index (χ3v) is 4.79. The molecule has 0 unspecified atom stereocenters. The quantitative estimate of drug-likeness (QED) is 0.562. The number of anilines is 2. The maximum absolute atomic E-state index is 12.3. The van der Waals surface area contributed by atoms with Crippen molar-refractivity contribution >= 4 is 28.9 Å². The Morgan fingerprint density at radius 2 is 1.93 bits per heavy atom. The summed E-state index contributed by atoms with van der Waals surface area (Å²) < 4.78 is 0. The van der Waals surface area contributed by atoms with E-state index in [4.69, 9.17) is 5.73 Å². The fourth-order valence-electron chi connectivity index (χ4n) is 2.69. The Balaban J connectivity index is 1.71. The summed E-state index contributed by atoms with van der Waals surface area (Å²) in [5.74, 6) is 0.0583. The van der Waals surface area contributed by atoms with Crippen LogP contribution >= 0.6 is 11.3 Å². The summed E-state index contributed by atoms with van der Waals surface area (Å²) >= 11 is 1.40. The van der Waals surface area contributed by atoms with Gasteiger partial charge in [0.15, 0.2) is 0 Å². The molecule has 0 saturated heterocycles. The van der Waals surface area contributed by atoms with Crippen LogP contribution in [0.15, 0.2) is 72.5 Å². The number of nitrogens with one attached hydrogen (secondary N) is 1. The summed E-state index contributed by atoms with van der Waals surface area (Å²) in [7, 11) is 0. The Morgan fingerprint density at radius 3 is 2.70 bits per heavy atom. The molecule has 4 aromatic rings. The van der Waals surface area contributed by atoms with E-state index in [9.17, 15) is 4.79 Å². The molecule has 0 aliphatic heterocycles. The van der Waals surface area contributed by atoms with Gasteiger partial charge in [0.2, 0.25) is 5.95 Å². The molecule has 3 aromatic heterocycles. The van der Waals surface area contributed by atoms with Crippen LogP contribution in [-0.2, 0) is 0 Å². The SMILES string of the molecule is Nc1ncc(-c2cccc(NC(=O)c3cccs3)c2)c(-c2cccnc2)n1. The van der Waals surface area contributed by atoms with Crippen LogP contribution in [0.5, 0.6) is 0 Å². The molecule has 0 bridgehead atoms. The fourth-order valence-corrected chi connectivity index (χ4v) is 3.31. The van der Waals surface area contributed by atoms with E-state index < -0.39 is 0 Å². The number of rotatable bonds is 4. The lowest BCUT2D eigenvalue weighted by Crippen LogP contribution is -2.10. The minimum atomic E-state index is -0.136. The normalized spacial score (nSPS) is 10.5. The molecule has 1 amide bonds. The number of hydrogen-bond donors (Lipinski definition) is 2. The highest BCUT2D eigenvalue weighted by atomic mass is 32.1. The zero-order valence-electron chi connectivity index (χ0n) is 14.2. The van der Waals surface area contributed by atoms with Crippen molar-refractivity contribution in [1.82, 2.24) is 15.0 Å². The van der Waals surface area contributed by atoms with E-state index >= 15 is 0 Å². The van der Waals surface area contributed by atoms with Gasteiger partial charge in [0.25, 0.3) is 5.91 Å². The van der Waals surface area contributed by atoms with Gasteiger partial charge in [-0.3, -0.25) is 9.78 Å². The fraction of sp³-hybridized carbons (Fsp3) is 0. The van der Waals surface area contributed by atoms with Gasteiger partial charge in [-0.25, -0.2) is 9.97 Å². The van der Waals surface area contributed by atoms with Crippen LogP contribution in [0.4, 0.5) is 11.6 Å². The average molecular weight is 373 g/mol. The van der Waals surface area contributed by atoms with Gasteiger partial charge in [-0.05, 0) is 41.3 Å². The van der Waals surface area contributed by atoms with Crippen LogP contribution in [0.1, 0.15) is 9.67 Å². The van der Waals surface area contributed by atoms with E-state index in [-0.39, 0.29) is 11.9 Å². The summed E-state index contributed by atoms with van der Waals surface area (Å²) in [6, 6.07) is 14.9. The second-order valence-corrected chi connectivity index (χ2v) is 6.69. The van der Waals surface area contributed by atoms with Crippen molar-refractivity contribution in [3.63, 3.8) is 0 Å². The van der Waals surface area contributed by atoms with E-state index in [1.807, 2.05) is 47.8 Å². The van der Waals surface area contributed by atoms with Crippen molar-refractivity contribution in [3.8, 4) is 22.4 Å². The van der Waals surface area contributed by atoms with Gasteiger partial charge < -0.3 is 11.1 Å². The van der Waals surface area contributed by atoms with E-state index in [0.29, 0.717) is 16.3 Å². The number of nitrogens with two attached hydrogens (primary N) is 1. The van der Waals surface area contributed by atoms with Crippen LogP contribution in [0.3, 0.4) is 0 Å². The molecule has 0 radical (unpaired) electrons. The molecular weight excluding hydrogens is 358 g/mol. The minimum Gasteiger partial charge on any atom is -0.368 e. The molecule has 0 spiro atoms. The number of thiophene rings is 1. The number of carbonyl (C=O) groups is 1. The van der Waals surface area contributed by atoms with Crippen molar-refractivity contribution < 1.29 is 4.79 Å². The second kappa shape index (κ2) is 7.35. The molecule has 27 heavy (non-hydrogen) atoms. The van der Waals surface area contributed by atoms with Gasteiger partial charge in [0.05, 0.1) is 10.6 Å². The molecule has 0 fully saturated rings. The topological polar surface area (TPSA) is 93.8 Å². The molecule has 0 aliphatic rings. The molecule has 4 rings (SSSR count). The van der Waals surface area contributed by atoms with Crippen LogP contribution in [0.25, 0.3) is 22.4 Å². The average Bonchev–Trinajstić information content (AvgIpc) is 3.24. The Kier molecular flexibility index (Phi) is 4.59. The van der Waals surface area contributed by atoms with Crippen molar-refractivity contribution in [1.29, 1.82) is 0 Å². The van der Waals surface area contributed by atoms with Crippen molar-refractivity contribution in [3.05, 3.63) is 77.4 Å². The molecule has 0 saturated carbocycles. The Hall–Kier alpha value is -3.58. The van der Waals surface area contributed by atoms with Gasteiger partial charge >= 0.3 is 0 Å². The molecule has 7 heteroatoms. The van der Waals surface area contributed by atoms with Gasteiger partial charge in [-0.1, -0.05) is 18.2 Å². The largest absolute Gasteiger partial charge is 0.368 e. The lowest BCUT2D eigenvalue weighted by Gasteiger charge is -2.11. The van der Waals surface area contributed by atoms with Crippen molar-refractivity contribution in [2.45, 2.75) is 0 Å². The third kappa shape index (κ3) is 3.68. The zero-order chi connectivity index (χ0) is 18.6. The number of hydrogen-bond acceptors (Lipinski definition) is 6.